The molecule has 0 aliphatic heterocycles. The number of aryl methyl sites for hydroxylation is 1. The van der Waals surface area contributed by atoms with Crippen LogP contribution < -0.4 is 0 Å². The van der Waals surface area contributed by atoms with Gasteiger partial charge in [-0.1, -0.05) is 6.07 Å². The van der Waals surface area contributed by atoms with Gasteiger partial charge in [0, 0.05) is 12.6 Å². The Kier molecular flexibility index (Phi) is 2.41. The van der Waals surface area contributed by atoms with Gasteiger partial charge in [0.15, 0.2) is 0 Å². The van der Waals surface area contributed by atoms with E-state index in [0.29, 0.717) is 11.1 Å². The Balaban J connectivity index is 2.64. The van der Waals surface area contributed by atoms with Gasteiger partial charge in [0.05, 0.1) is 29.0 Å². The van der Waals surface area contributed by atoms with Crippen LogP contribution in [-0.4, -0.2) is 9.78 Å². The molecule has 0 bridgehead atoms. The third-order valence-electron chi connectivity index (χ3n) is 2.30. The standard InChI is InChI=1S/C12H7N4/c1-16-12(4-5-15-16)11-3-2-9(7-13)6-10(11)8-14/h2-4,6H,1H3. The maximum absolute atomic E-state index is 9.03. The van der Waals surface area contributed by atoms with Crippen LogP contribution in [0.2, 0.25) is 0 Å². The first kappa shape index (κ1) is 9.95. The summed E-state index contributed by atoms with van der Waals surface area (Å²) in [6, 6.07) is 10.8. The minimum Gasteiger partial charge on any atom is -0.267 e. The fourth-order valence-electron chi connectivity index (χ4n) is 1.51. The molecule has 0 saturated carbocycles. The lowest BCUT2D eigenvalue weighted by atomic mass is 10.0. The summed E-state index contributed by atoms with van der Waals surface area (Å²) in [6.07, 6.45) is 2.71. The SMILES string of the molecule is Cn1n[c]cc1-c1ccc(C#N)cc1C#N. The maximum atomic E-state index is 9.03. The highest BCUT2D eigenvalue weighted by Crippen LogP contribution is 2.23. The molecule has 2 rings (SSSR count). The van der Waals surface area contributed by atoms with Gasteiger partial charge >= 0.3 is 0 Å². The summed E-state index contributed by atoms with van der Waals surface area (Å²) in [4.78, 5) is 0. The molecule has 75 valence electrons. The van der Waals surface area contributed by atoms with Crippen LogP contribution in [0.5, 0.6) is 0 Å². The molecule has 4 nitrogen and oxygen atoms in total. The number of rotatable bonds is 1. The molecule has 0 atom stereocenters. The van der Waals surface area contributed by atoms with Crippen molar-refractivity contribution in [3.63, 3.8) is 0 Å². The normalized spacial score (nSPS) is 9.44. The summed E-state index contributed by atoms with van der Waals surface area (Å²) in [7, 11) is 1.78. The highest BCUT2D eigenvalue weighted by molar-refractivity contribution is 5.68. The van der Waals surface area contributed by atoms with Crippen LogP contribution in [0.3, 0.4) is 0 Å². The average molecular weight is 207 g/mol. The van der Waals surface area contributed by atoms with E-state index in [4.69, 9.17) is 10.5 Å². The van der Waals surface area contributed by atoms with Crippen LogP contribution in [0.15, 0.2) is 24.3 Å². The molecule has 0 unspecified atom stereocenters. The molecule has 0 aliphatic rings. The summed E-state index contributed by atoms with van der Waals surface area (Å²) in [5.74, 6) is 0. The van der Waals surface area contributed by atoms with E-state index in [9.17, 15) is 0 Å². The molecule has 2 aromatic rings. The average Bonchev–Trinajstić information content (AvgIpc) is 2.74. The van der Waals surface area contributed by atoms with E-state index in [2.05, 4.69) is 17.4 Å². The molecule has 0 aliphatic carbocycles. The lowest BCUT2D eigenvalue weighted by Crippen LogP contribution is -1.95. The number of aromatic nitrogens is 2. The number of hydrogen-bond acceptors (Lipinski definition) is 3. The maximum Gasteiger partial charge on any atom is 0.113 e. The molecule has 0 spiro atoms. The molecule has 0 fully saturated rings. The predicted octanol–water partition coefficient (Wildman–Crippen LogP) is 1.63. The third-order valence-corrected chi connectivity index (χ3v) is 2.30. The second kappa shape index (κ2) is 3.88. The third kappa shape index (κ3) is 1.53. The van der Waals surface area contributed by atoms with Crippen molar-refractivity contribution in [2.24, 2.45) is 7.05 Å². The first-order chi connectivity index (χ1) is 7.76. The quantitative estimate of drug-likeness (QED) is 0.713. The van der Waals surface area contributed by atoms with E-state index in [1.54, 1.807) is 36.0 Å². The van der Waals surface area contributed by atoms with Crippen molar-refractivity contribution in [1.29, 1.82) is 10.5 Å². The van der Waals surface area contributed by atoms with Gasteiger partial charge in [-0.05, 0) is 18.2 Å². The van der Waals surface area contributed by atoms with Crippen molar-refractivity contribution in [3.8, 4) is 23.4 Å². The van der Waals surface area contributed by atoms with Crippen LogP contribution >= 0.6 is 0 Å². The second-order valence-corrected chi connectivity index (χ2v) is 3.27. The molecule has 1 aromatic carbocycles. The van der Waals surface area contributed by atoms with E-state index in [0.717, 1.165) is 11.3 Å². The minimum atomic E-state index is 0.469. The van der Waals surface area contributed by atoms with Crippen LogP contribution in [-0.2, 0) is 7.05 Å². The summed E-state index contributed by atoms with van der Waals surface area (Å²) in [5, 5.41) is 21.7. The van der Waals surface area contributed by atoms with Gasteiger partial charge in [0.25, 0.3) is 0 Å². The van der Waals surface area contributed by atoms with Gasteiger partial charge in [0.1, 0.15) is 6.20 Å². The van der Waals surface area contributed by atoms with Crippen molar-refractivity contribution in [2.75, 3.05) is 0 Å². The van der Waals surface area contributed by atoms with Gasteiger partial charge < -0.3 is 0 Å². The van der Waals surface area contributed by atoms with Gasteiger partial charge in [-0.2, -0.15) is 15.6 Å². The summed E-state index contributed by atoms with van der Waals surface area (Å²) in [6.45, 7) is 0. The molecular formula is C12H7N4. The van der Waals surface area contributed by atoms with Crippen molar-refractivity contribution in [1.82, 2.24) is 9.78 Å². The van der Waals surface area contributed by atoms with E-state index in [1.807, 2.05) is 6.07 Å². The fraction of sp³-hybridized carbons (Fsp3) is 0.0833. The van der Waals surface area contributed by atoms with Gasteiger partial charge in [-0.15, -0.1) is 0 Å². The number of nitriles is 2. The van der Waals surface area contributed by atoms with E-state index < -0.39 is 0 Å². The number of hydrogen-bond donors (Lipinski definition) is 0. The largest absolute Gasteiger partial charge is 0.267 e. The number of benzene rings is 1. The lowest BCUT2D eigenvalue weighted by molar-refractivity contribution is 0.773. The van der Waals surface area contributed by atoms with Crippen molar-refractivity contribution in [2.45, 2.75) is 0 Å². The van der Waals surface area contributed by atoms with Crippen LogP contribution in [0.4, 0.5) is 0 Å². The molecule has 4 heteroatoms. The Morgan fingerprint density at radius 1 is 1.31 bits per heavy atom. The Bertz CT molecular complexity index is 611. The lowest BCUT2D eigenvalue weighted by Gasteiger charge is -2.04. The topological polar surface area (TPSA) is 65.4 Å². The molecule has 0 amide bonds. The Labute approximate surface area is 93.0 Å². The van der Waals surface area contributed by atoms with Crippen LogP contribution in [0.25, 0.3) is 11.3 Å². The monoisotopic (exact) mass is 207 g/mol. The Morgan fingerprint density at radius 3 is 2.69 bits per heavy atom. The Morgan fingerprint density at radius 2 is 2.12 bits per heavy atom. The fourth-order valence-corrected chi connectivity index (χ4v) is 1.51. The van der Waals surface area contributed by atoms with Crippen LogP contribution in [0.1, 0.15) is 11.1 Å². The molecule has 1 heterocycles. The van der Waals surface area contributed by atoms with E-state index >= 15 is 0 Å². The molecule has 0 saturated heterocycles. The minimum absolute atomic E-state index is 0.469. The summed E-state index contributed by atoms with van der Waals surface area (Å²) in [5.41, 5.74) is 2.52. The van der Waals surface area contributed by atoms with Crippen molar-refractivity contribution < 1.29 is 0 Å². The second-order valence-electron chi connectivity index (χ2n) is 3.27. The molecule has 1 radical (unpaired) electrons. The van der Waals surface area contributed by atoms with E-state index in [1.165, 1.54) is 0 Å². The molecular weight excluding hydrogens is 200 g/mol. The van der Waals surface area contributed by atoms with Gasteiger partial charge in [0.2, 0.25) is 0 Å². The molecule has 16 heavy (non-hydrogen) atoms. The summed E-state index contributed by atoms with van der Waals surface area (Å²) >= 11 is 0. The molecule has 0 N–H and O–H groups in total. The zero-order valence-corrected chi connectivity index (χ0v) is 8.60. The molecule has 1 aromatic heterocycles. The zero-order valence-electron chi connectivity index (χ0n) is 8.60. The van der Waals surface area contributed by atoms with Gasteiger partial charge in [-0.3, -0.25) is 4.68 Å². The predicted molar refractivity (Wildman–Crippen MR) is 56.9 cm³/mol. The van der Waals surface area contributed by atoms with E-state index in [-0.39, 0.29) is 0 Å². The summed E-state index contributed by atoms with van der Waals surface area (Å²) < 4.78 is 1.64. The Hall–Kier alpha value is -2.59. The number of nitrogens with zero attached hydrogens (tertiary/aromatic N) is 4. The van der Waals surface area contributed by atoms with Gasteiger partial charge in [-0.25, -0.2) is 0 Å². The highest BCUT2D eigenvalue weighted by Gasteiger charge is 2.09. The first-order valence-corrected chi connectivity index (χ1v) is 4.61. The van der Waals surface area contributed by atoms with Crippen molar-refractivity contribution >= 4 is 0 Å². The zero-order chi connectivity index (χ0) is 11.5. The van der Waals surface area contributed by atoms with Crippen molar-refractivity contribution in [3.05, 3.63) is 41.6 Å². The highest BCUT2D eigenvalue weighted by atomic mass is 15.3. The smallest absolute Gasteiger partial charge is 0.113 e. The van der Waals surface area contributed by atoms with Crippen LogP contribution in [0, 0.1) is 28.9 Å². The first-order valence-electron chi connectivity index (χ1n) is 4.61.